The molecule has 0 radical (unpaired) electrons. The Morgan fingerprint density at radius 1 is 0.500 bits per heavy atom. The lowest BCUT2D eigenvalue weighted by Gasteiger charge is -2.33. The van der Waals surface area contributed by atoms with Crippen molar-refractivity contribution in [3.05, 3.63) is 150 Å². The molecule has 176 valence electrons. The van der Waals surface area contributed by atoms with Gasteiger partial charge in [-0.15, -0.1) is 0 Å². The van der Waals surface area contributed by atoms with E-state index in [2.05, 4.69) is 146 Å². The van der Waals surface area contributed by atoms with Crippen LogP contribution in [0.2, 0.25) is 0 Å². The van der Waals surface area contributed by atoms with Crippen molar-refractivity contribution in [3.8, 4) is 22.3 Å². The first-order chi connectivity index (χ1) is 17.8. The Hall–Kier alpha value is -4.10. The molecule has 0 amide bonds. The molecule has 0 spiro atoms. The van der Waals surface area contributed by atoms with Crippen LogP contribution in [-0.4, -0.2) is 13.1 Å². The molecular formula is C35H31N. The standard InChI is InChI=1S/C35H31N/c1-3-36(4-2)30-22-19-26(20-23-30)27-21-24-34-32(25-27)31-17-11-12-18-33(31)35(34,28-13-7-5-8-14-28)29-15-9-6-10-16-29/h5-25H,3-4H2,1-2H3. The summed E-state index contributed by atoms with van der Waals surface area (Å²) in [6.45, 7) is 6.46. The fourth-order valence-electron chi connectivity index (χ4n) is 6.08. The molecular weight excluding hydrogens is 434 g/mol. The molecule has 6 rings (SSSR count). The molecule has 1 aliphatic carbocycles. The summed E-state index contributed by atoms with van der Waals surface area (Å²) in [5.41, 5.74) is 11.4. The van der Waals surface area contributed by atoms with Crippen molar-refractivity contribution < 1.29 is 0 Å². The fourth-order valence-corrected chi connectivity index (χ4v) is 6.08. The maximum atomic E-state index is 2.40. The maximum Gasteiger partial charge on any atom is 0.0713 e. The molecule has 0 N–H and O–H groups in total. The van der Waals surface area contributed by atoms with Crippen LogP contribution in [-0.2, 0) is 5.41 Å². The lowest BCUT2D eigenvalue weighted by molar-refractivity contribution is 0.768. The third-order valence-corrected chi connectivity index (χ3v) is 7.79. The number of hydrogen-bond acceptors (Lipinski definition) is 1. The van der Waals surface area contributed by atoms with Gasteiger partial charge in [-0.25, -0.2) is 0 Å². The third kappa shape index (κ3) is 3.38. The smallest absolute Gasteiger partial charge is 0.0713 e. The van der Waals surface area contributed by atoms with Crippen molar-refractivity contribution >= 4 is 5.69 Å². The summed E-state index contributed by atoms with van der Waals surface area (Å²) in [4.78, 5) is 2.39. The Morgan fingerprint density at radius 2 is 1.03 bits per heavy atom. The Kier molecular flexibility index (Phi) is 5.70. The lowest BCUT2D eigenvalue weighted by atomic mass is 9.67. The Balaban J connectivity index is 1.56. The molecule has 0 heterocycles. The number of hydrogen-bond donors (Lipinski definition) is 0. The van der Waals surface area contributed by atoms with E-state index >= 15 is 0 Å². The highest BCUT2D eigenvalue weighted by molar-refractivity contribution is 5.88. The van der Waals surface area contributed by atoms with Gasteiger partial charge in [0.25, 0.3) is 0 Å². The summed E-state index contributed by atoms with van der Waals surface area (Å²) < 4.78 is 0. The fraction of sp³-hybridized carbons (Fsp3) is 0.143. The van der Waals surface area contributed by atoms with Crippen LogP contribution in [0.25, 0.3) is 22.3 Å². The number of anilines is 1. The van der Waals surface area contributed by atoms with Gasteiger partial charge in [0.1, 0.15) is 0 Å². The molecule has 1 nitrogen and oxygen atoms in total. The zero-order chi connectivity index (χ0) is 24.5. The second-order valence-electron chi connectivity index (χ2n) is 9.51. The van der Waals surface area contributed by atoms with Crippen LogP contribution < -0.4 is 4.90 Å². The van der Waals surface area contributed by atoms with Crippen LogP contribution in [0.1, 0.15) is 36.1 Å². The van der Waals surface area contributed by atoms with E-state index in [1.807, 2.05) is 0 Å². The van der Waals surface area contributed by atoms with Crippen molar-refractivity contribution in [2.45, 2.75) is 19.3 Å². The van der Waals surface area contributed by atoms with Crippen LogP contribution in [0, 0.1) is 0 Å². The van der Waals surface area contributed by atoms with Gasteiger partial charge >= 0.3 is 0 Å². The third-order valence-electron chi connectivity index (χ3n) is 7.79. The summed E-state index contributed by atoms with van der Waals surface area (Å²) in [7, 11) is 0. The summed E-state index contributed by atoms with van der Waals surface area (Å²) in [6, 6.07) is 47.0. The van der Waals surface area contributed by atoms with Gasteiger partial charge < -0.3 is 4.90 Å². The second kappa shape index (κ2) is 9.17. The molecule has 0 saturated carbocycles. The quantitative estimate of drug-likeness (QED) is 0.238. The normalized spacial score (nSPS) is 13.2. The molecule has 0 bridgehead atoms. The van der Waals surface area contributed by atoms with E-state index in [1.54, 1.807) is 0 Å². The van der Waals surface area contributed by atoms with Gasteiger partial charge in [0, 0.05) is 18.8 Å². The number of nitrogens with zero attached hydrogens (tertiary/aromatic N) is 1. The van der Waals surface area contributed by atoms with Gasteiger partial charge in [-0.2, -0.15) is 0 Å². The van der Waals surface area contributed by atoms with Crippen LogP contribution in [0.5, 0.6) is 0 Å². The van der Waals surface area contributed by atoms with Crippen molar-refractivity contribution in [2.24, 2.45) is 0 Å². The van der Waals surface area contributed by atoms with Crippen LogP contribution in [0.4, 0.5) is 5.69 Å². The molecule has 5 aromatic rings. The molecule has 1 aliphatic rings. The van der Waals surface area contributed by atoms with Gasteiger partial charge in [0.05, 0.1) is 5.41 Å². The average molecular weight is 466 g/mol. The maximum absolute atomic E-state index is 2.40. The van der Waals surface area contributed by atoms with Gasteiger partial charge in [-0.3, -0.25) is 0 Å². The molecule has 0 unspecified atom stereocenters. The first-order valence-corrected chi connectivity index (χ1v) is 13.0. The molecule has 0 fully saturated rings. The summed E-state index contributed by atoms with van der Waals surface area (Å²) in [5, 5.41) is 0. The molecule has 1 heteroatoms. The second-order valence-corrected chi connectivity index (χ2v) is 9.51. The summed E-state index contributed by atoms with van der Waals surface area (Å²) in [6.07, 6.45) is 0. The van der Waals surface area contributed by atoms with Gasteiger partial charge in [0.15, 0.2) is 0 Å². The Bertz CT molecular complexity index is 1440. The van der Waals surface area contributed by atoms with Gasteiger partial charge in [-0.1, -0.05) is 109 Å². The monoisotopic (exact) mass is 465 g/mol. The van der Waals surface area contributed by atoms with Gasteiger partial charge in [-0.05, 0) is 76.6 Å². The van der Waals surface area contributed by atoms with E-state index in [1.165, 1.54) is 50.2 Å². The van der Waals surface area contributed by atoms with E-state index in [0.29, 0.717) is 0 Å². The Labute approximate surface area is 214 Å². The predicted octanol–water partition coefficient (Wildman–Crippen LogP) is 8.56. The highest BCUT2D eigenvalue weighted by Crippen LogP contribution is 2.56. The molecule has 0 atom stereocenters. The van der Waals surface area contributed by atoms with Crippen molar-refractivity contribution in [1.29, 1.82) is 0 Å². The van der Waals surface area contributed by atoms with Crippen LogP contribution >= 0.6 is 0 Å². The van der Waals surface area contributed by atoms with Crippen molar-refractivity contribution in [1.82, 2.24) is 0 Å². The van der Waals surface area contributed by atoms with Crippen molar-refractivity contribution in [3.63, 3.8) is 0 Å². The van der Waals surface area contributed by atoms with Crippen molar-refractivity contribution in [2.75, 3.05) is 18.0 Å². The zero-order valence-corrected chi connectivity index (χ0v) is 21.0. The highest BCUT2D eigenvalue weighted by Gasteiger charge is 2.45. The van der Waals surface area contributed by atoms with E-state index in [4.69, 9.17) is 0 Å². The molecule has 36 heavy (non-hydrogen) atoms. The minimum Gasteiger partial charge on any atom is -0.372 e. The minimum atomic E-state index is -0.334. The predicted molar refractivity (Wildman–Crippen MR) is 153 cm³/mol. The average Bonchev–Trinajstić information content (AvgIpc) is 3.26. The zero-order valence-electron chi connectivity index (χ0n) is 21.0. The lowest BCUT2D eigenvalue weighted by Crippen LogP contribution is -2.28. The van der Waals surface area contributed by atoms with E-state index in [9.17, 15) is 0 Å². The van der Waals surface area contributed by atoms with Crippen LogP contribution in [0.3, 0.4) is 0 Å². The number of rotatable bonds is 6. The highest BCUT2D eigenvalue weighted by atomic mass is 15.1. The molecule has 0 aromatic heterocycles. The summed E-state index contributed by atoms with van der Waals surface area (Å²) >= 11 is 0. The topological polar surface area (TPSA) is 3.24 Å². The number of benzene rings is 5. The van der Waals surface area contributed by atoms with E-state index < -0.39 is 0 Å². The minimum absolute atomic E-state index is 0.334. The summed E-state index contributed by atoms with van der Waals surface area (Å²) in [5.74, 6) is 0. The molecule has 0 saturated heterocycles. The van der Waals surface area contributed by atoms with E-state index in [-0.39, 0.29) is 5.41 Å². The van der Waals surface area contributed by atoms with Crippen LogP contribution in [0.15, 0.2) is 127 Å². The molecule has 5 aromatic carbocycles. The first kappa shape index (κ1) is 22.4. The van der Waals surface area contributed by atoms with E-state index in [0.717, 1.165) is 13.1 Å². The van der Waals surface area contributed by atoms with Gasteiger partial charge in [0.2, 0.25) is 0 Å². The number of fused-ring (bicyclic) bond motifs is 3. The SMILES string of the molecule is CCN(CC)c1ccc(-c2ccc3c(c2)-c2ccccc2C3(c2ccccc2)c2ccccc2)cc1. The molecule has 0 aliphatic heterocycles. The largest absolute Gasteiger partial charge is 0.372 e. The first-order valence-electron chi connectivity index (χ1n) is 13.0. The Morgan fingerprint density at radius 3 is 1.64 bits per heavy atom.